The molecule has 1 aromatic carbocycles. The number of para-hydroxylation sites is 1. The van der Waals surface area contributed by atoms with E-state index in [1.807, 2.05) is 18.2 Å². The second-order valence-corrected chi connectivity index (χ2v) is 6.13. The summed E-state index contributed by atoms with van der Waals surface area (Å²) in [5.74, 6) is -1.56. The van der Waals surface area contributed by atoms with Crippen LogP contribution in [-0.4, -0.2) is 24.3 Å². The molecule has 3 rings (SSSR count). The molecule has 1 fully saturated rings. The Morgan fingerprint density at radius 1 is 1.17 bits per heavy atom. The molecule has 1 atom stereocenters. The third kappa shape index (κ3) is 3.33. The Labute approximate surface area is 146 Å². The Bertz CT molecular complexity index is 775. The lowest BCUT2D eigenvalue weighted by Gasteiger charge is -2.18. The molecule has 2 heterocycles. The van der Waals surface area contributed by atoms with Gasteiger partial charge >= 0.3 is 5.91 Å². The maximum absolute atomic E-state index is 12.2. The predicted molar refractivity (Wildman–Crippen MR) is 88.9 cm³/mol. The lowest BCUT2D eigenvalue weighted by atomic mass is 10.1. The average Bonchev–Trinajstić information content (AvgIpc) is 3.23. The van der Waals surface area contributed by atoms with Gasteiger partial charge in [0.2, 0.25) is 11.8 Å². The van der Waals surface area contributed by atoms with Crippen molar-refractivity contribution in [2.24, 2.45) is 5.92 Å². The number of nitrogens with one attached hydrogen (secondary N) is 2. The van der Waals surface area contributed by atoms with Crippen LogP contribution in [0.2, 0.25) is 0 Å². The summed E-state index contributed by atoms with van der Waals surface area (Å²) in [5, 5.41) is 0. The summed E-state index contributed by atoms with van der Waals surface area (Å²) in [5.41, 5.74) is 5.32. The van der Waals surface area contributed by atoms with Crippen LogP contribution in [0, 0.1) is 5.92 Å². The fourth-order valence-corrected chi connectivity index (χ4v) is 2.98. The highest BCUT2D eigenvalue weighted by atomic mass is 79.9. The van der Waals surface area contributed by atoms with Crippen molar-refractivity contribution in [2.75, 3.05) is 11.4 Å². The summed E-state index contributed by atoms with van der Waals surface area (Å²) in [7, 11) is 0. The lowest BCUT2D eigenvalue weighted by molar-refractivity contribution is -0.126. The summed E-state index contributed by atoms with van der Waals surface area (Å²) in [6.45, 7) is 0.254. The van der Waals surface area contributed by atoms with E-state index in [1.54, 1.807) is 17.0 Å². The lowest BCUT2D eigenvalue weighted by Crippen LogP contribution is -2.45. The van der Waals surface area contributed by atoms with Crippen LogP contribution in [0.25, 0.3) is 0 Å². The van der Waals surface area contributed by atoms with Gasteiger partial charge in [-0.2, -0.15) is 0 Å². The molecule has 2 N–H and O–H groups in total. The zero-order chi connectivity index (χ0) is 17.1. The summed E-state index contributed by atoms with van der Waals surface area (Å²) >= 11 is 3.40. The van der Waals surface area contributed by atoms with E-state index in [2.05, 4.69) is 26.8 Å². The van der Waals surface area contributed by atoms with E-state index in [0.717, 1.165) is 10.2 Å². The SMILES string of the molecule is O=C(NNC(=O)[C@H]1CC(=O)N(c2ccccc2Br)C1)c1ccco1. The van der Waals surface area contributed by atoms with E-state index in [1.165, 1.54) is 12.3 Å². The number of nitrogens with zero attached hydrogens (tertiary/aromatic N) is 1. The summed E-state index contributed by atoms with van der Waals surface area (Å²) in [4.78, 5) is 37.6. The van der Waals surface area contributed by atoms with Crippen LogP contribution in [0.3, 0.4) is 0 Å². The Balaban J connectivity index is 1.60. The third-order valence-corrected chi connectivity index (χ3v) is 4.35. The van der Waals surface area contributed by atoms with E-state index < -0.39 is 17.7 Å². The first kappa shape index (κ1) is 16.3. The van der Waals surface area contributed by atoms with E-state index in [0.29, 0.717) is 0 Å². The molecule has 1 saturated heterocycles. The first-order chi connectivity index (χ1) is 11.6. The number of hydrogen-bond acceptors (Lipinski definition) is 4. The molecule has 1 aliphatic rings. The maximum atomic E-state index is 12.2. The molecular weight excluding hydrogens is 378 g/mol. The van der Waals surface area contributed by atoms with Gasteiger partial charge in [0.25, 0.3) is 0 Å². The number of carbonyl (C=O) groups is 3. The minimum absolute atomic E-state index is 0.0871. The van der Waals surface area contributed by atoms with E-state index in [9.17, 15) is 14.4 Å². The first-order valence-corrected chi connectivity index (χ1v) is 8.04. The van der Waals surface area contributed by atoms with Crippen molar-refractivity contribution in [3.63, 3.8) is 0 Å². The molecule has 0 spiro atoms. The number of furan rings is 1. The van der Waals surface area contributed by atoms with Crippen LogP contribution in [0.4, 0.5) is 5.69 Å². The molecule has 0 bridgehead atoms. The maximum Gasteiger partial charge on any atom is 0.305 e. The Kier molecular flexibility index (Phi) is 4.66. The zero-order valence-corrected chi connectivity index (χ0v) is 14.1. The highest BCUT2D eigenvalue weighted by Crippen LogP contribution is 2.31. The fraction of sp³-hybridized carbons (Fsp3) is 0.188. The van der Waals surface area contributed by atoms with Crippen LogP contribution in [0.5, 0.6) is 0 Å². The molecule has 0 unspecified atom stereocenters. The van der Waals surface area contributed by atoms with Gasteiger partial charge in [-0.25, -0.2) is 0 Å². The molecule has 0 aliphatic carbocycles. The van der Waals surface area contributed by atoms with Gasteiger partial charge in [-0.15, -0.1) is 0 Å². The van der Waals surface area contributed by atoms with E-state index >= 15 is 0 Å². The van der Waals surface area contributed by atoms with Crippen molar-refractivity contribution in [2.45, 2.75) is 6.42 Å². The number of anilines is 1. The van der Waals surface area contributed by atoms with Gasteiger partial charge in [0.15, 0.2) is 5.76 Å². The fourth-order valence-electron chi connectivity index (χ4n) is 2.48. The predicted octanol–water partition coefficient (Wildman–Crippen LogP) is 1.86. The number of halogens is 1. The second kappa shape index (κ2) is 6.88. The topological polar surface area (TPSA) is 91.7 Å². The second-order valence-electron chi connectivity index (χ2n) is 5.28. The van der Waals surface area contributed by atoms with Crippen molar-refractivity contribution in [1.82, 2.24) is 10.9 Å². The molecule has 7 nitrogen and oxygen atoms in total. The van der Waals surface area contributed by atoms with Crippen molar-refractivity contribution < 1.29 is 18.8 Å². The number of hydrogen-bond donors (Lipinski definition) is 2. The molecular formula is C16H14BrN3O4. The van der Waals surface area contributed by atoms with Crippen LogP contribution in [0.1, 0.15) is 17.0 Å². The number of benzene rings is 1. The monoisotopic (exact) mass is 391 g/mol. The molecule has 3 amide bonds. The number of hydrazine groups is 1. The van der Waals surface area contributed by atoms with Gasteiger partial charge in [0.1, 0.15) is 0 Å². The van der Waals surface area contributed by atoms with Gasteiger partial charge in [-0.3, -0.25) is 25.2 Å². The van der Waals surface area contributed by atoms with Crippen molar-refractivity contribution in [3.05, 3.63) is 52.9 Å². The van der Waals surface area contributed by atoms with Gasteiger partial charge in [0, 0.05) is 17.4 Å². The molecule has 124 valence electrons. The van der Waals surface area contributed by atoms with Gasteiger partial charge in [-0.1, -0.05) is 12.1 Å². The average molecular weight is 392 g/mol. The Morgan fingerprint density at radius 2 is 1.96 bits per heavy atom. The van der Waals surface area contributed by atoms with Gasteiger partial charge in [0.05, 0.1) is 17.9 Å². The van der Waals surface area contributed by atoms with Gasteiger partial charge in [-0.05, 0) is 40.2 Å². The van der Waals surface area contributed by atoms with E-state index in [4.69, 9.17) is 4.42 Å². The van der Waals surface area contributed by atoms with Crippen molar-refractivity contribution in [3.8, 4) is 0 Å². The quantitative estimate of drug-likeness (QED) is 0.781. The van der Waals surface area contributed by atoms with E-state index in [-0.39, 0.29) is 24.6 Å². The summed E-state index contributed by atoms with van der Waals surface area (Å²) in [6, 6.07) is 10.4. The van der Waals surface area contributed by atoms with Crippen LogP contribution in [0.15, 0.2) is 51.6 Å². The standard InChI is InChI=1S/C16H14BrN3O4/c17-11-4-1-2-5-12(11)20-9-10(8-14(20)21)15(22)18-19-16(23)13-6-3-7-24-13/h1-7,10H,8-9H2,(H,18,22)(H,19,23)/t10-/m0/s1. The number of carbonyl (C=O) groups excluding carboxylic acids is 3. The highest BCUT2D eigenvalue weighted by molar-refractivity contribution is 9.10. The van der Waals surface area contributed by atoms with Crippen LogP contribution in [-0.2, 0) is 9.59 Å². The minimum Gasteiger partial charge on any atom is -0.459 e. The van der Waals surface area contributed by atoms with Crippen molar-refractivity contribution in [1.29, 1.82) is 0 Å². The number of rotatable bonds is 3. The summed E-state index contributed by atoms with van der Waals surface area (Å²) in [6.07, 6.45) is 1.45. The van der Waals surface area contributed by atoms with Crippen LogP contribution < -0.4 is 15.8 Å². The molecule has 2 aromatic rings. The normalized spacial score (nSPS) is 17.0. The Hall–Kier alpha value is -2.61. The molecule has 1 aliphatic heterocycles. The summed E-state index contributed by atoms with van der Waals surface area (Å²) < 4.78 is 5.71. The van der Waals surface area contributed by atoms with Gasteiger partial charge < -0.3 is 9.32 Å². The zero-order valence-electron chi connectivity index (χ0n) is 12.5. The van der Waals surface area contributed by atoms with Crippen LogP contribution >= 0.6 is 15.9 Å². The van der Waals surface area contributed by atoms with Crippen molar-refractivity contribution >= 4 is 39.3 Å². The molecule has 1 aromatic heterocycles. The molecule has 8 heteroatoms. The number of amides is 3. The molecule has 0 radical (unpaired) electrons. The largest absolute Gasteiger partial charge is 0.459 e. The first-order valence-electron chi connectivity index (χ1n) is 7.25. The third-order valence-electron chi connectivity index (χ3n) is 3.68. The minimum atomic E-state index is -0.555. The highest BCUT2D eigenvalue weighted by Gasteiger charge is 2.36. The molecule has 24 heavy (non-hydrogen) atoms. The smallest absolute Gasteiger partial charge is 0.305 e. The Morgan fingerprint density at radius 3 is 2.67 bits per heavy atom. The molecule has 0 saturated carbocycles.